The Morgan fingerprint density at radius 1 is 0.741 bits per heavy atom. The Kier molecular flexibility index (Phi) is 9.45. The minimum absolute atomic E-state index is 0.0135. The first-order chi connectivity index (χ1) is 28.5. The van der Waals surface area contributed by atoms with E-state index in [0.29, 0.717) is 5.92 Å². The second kappa shape index (κ2) is 15.2. The Labute approximate surface area is 342 Å². The largest absolute Gasteiger partial charge is 0.347 e. The lowest BCUT2D eigenvalue weighted by Gasteiger charge is -2.36. The lowest BCUT2D eigenvalue weighted by Crippen LogP contribution is -2.39. The molecule has 0 saturated carbocycles. The van der Waals surface area contributed by atoms with Gasteiger partial charge in [-0.3, -0.25) is 9.98 Å². The molecule has 5 aromatic rings. The van der Waals surface area contributed by atoms with Crippen LogP contribution in [0.3, 0.4) is 0 Å². The monoisotopic (exact) mass is 751 g/mol. The predicted molar refractivity (Wildman–Crippen MR) is 246 cm³/mol. The topological polar surface area (TPSA) is 36.8 Å². The van der Waals surface area contributed by atoms with Crippen molar-refractivity contribution >= 4 is 38.7 Å². The van der Waals surface area contributed by atoms with E-state index >= 15 is 0 Å². The minimum atomic E-state index is 0.0135. The Morgan fingerprint density at radius 3 is 2.29 bits per heavy atom. The van der Waals surface area contributed by atoms with Crippen LogP contribution in [0.2, 0.25) is 0 Å². The summed E-state index contributed by atoms with van der Waals surface area (Å²) in [7, 11) is 0. The van der Waals surface area contributed by atoms with Crippen molar-refractivity contribution in [1.82, 2.24) is 5.32 Å². The molecule has 5 atom stereocenters. The van der Waals surface area contributed by atoms with Gasteiger partial charge in [-0.15, -0.1) is 0 Å². The van der Waals surface area contributed by atoms with Crippen molar-refractivity contribution in [3.8, 4) is 11.1 Å². The summed E-state index contributed by atoms with van der Waals surface area (Å²) in [5.41, 5.74) is 13.8. The Balaban J connectivity index is 0.959. The number of aliphatic imine (C=N–C) groups is 2. The highest BCUT2D eigenvalue weighted by atomic mass is 15.1. The van der Waals surface area contributed by atoms with Gasteiger partial charge in [0, 0.05) is 29.7 Å². The van der Waals surface area contributed by atoms with E-state index in [0.717, 1.165) is 48.4 Å². The van der Waals surface area contributed by atoms with E-state index in [1.807, 2.05) is 6.20 Å². The van der Waals surface area contributed by atoms with E-state index in [-0.39, 0.29) is 23.8 Å². The van der Waals surface area contributed by atoms with Gasteiger partial charge in [-0.05, 0) is 128 Å². The van der Waals surface area contributed by atoms with Crippen LogP contribution in [0.25, 0.3) is 38.2 Å². The standard InChI is InChI=1S/C55H49N3/c1-35-20-29-52(36(2)30-35)56-34-37(3)38-21-27-41(28-22-38)55-57-53(33-54(58-55)51-32-43-13-5-7-15-45(43)47-17-9-11-19-49(47)51)40-25-23-39(24-26-40)50-31-42-12-4-6-14-44(42)46-16-8-10-18-48(46)50/h4-25,27,29,31,33-35,40-41,51,54H,2,26,28,30,32H2,1,3H3,(H,57,58)/b37-34+,56-52?/t35?,40?,41-,51?,54?/m0/s1. The van der Waals surface area contributed by atoms with Crippen molar-refractivity contribution in [3.05, 3.63) is 210 Å². The van der Waals surface area contributed by atoms with Crippen LogP contribution in [0.4, 0.5) is 0 Å². The third-order valence-electron chi connectivity index (χ3n) is 12.8. The number of nitrogens with one attached hydrogen (secondary N) is 1. The fourth-order valence-corrected chi connectivity index (χ4v) is 9.66. The molecule has 5 aliphatic rings. The van der Waals surface area contributed by atoms with Gasteiger partial charge in [-0.2, -0.15) is 0 Å². The molecular weight excluding hydrogens is 703 g/mol. The van der Waals surface area contributed by atoms with Crippen LogP contribution in [0, 0.1) is 17.8 Å². The zero-order valence-corrected chi connectivity index (χ0v) is 33.4. The molecule has 5 aromatic carbocycles. The zero-order chi connectivity index (χ0) is 39.2. The van der Waals surface area contributed by atoms with Crippen LogP contribution >= 0.6 is 0 Å². The molecule has 10 rings (SSSR count). The molecule has 0 amide bonds. The van der Waals surface area contributed by atoms with Crippen LogP contribution < -0.4 is 5.32 Å². The number of fused-ring (bicyclic) bond motifs is 6. The van der Waals surface area contributed by atoms with Crippen LogP contribution in [-0.4, -0.2) is 17.6 Å². The van der Waals surface area contributed by atoms with Crippen LogP contribution in [-0.2, 0) is 6.42 Å². The van der Waals surface area contributed by atoms with Crippen molar-refractivity contribution in [2.45, 2.75) is 51.5 Å². The van der Waals surface area contributed by atoms with Gasteiger partial charge in [-0.25, -0.2) is 0 Å². The van der Waals surface area contributed by atoms with Crippen LogP contribution in [0.15, 0.2) is 203 Å². The Morgan fingerprint density at radius 2 is 1.48 bits per heavy atom. The third-order valence-corrected chi connectivity index (χ3v) is 12.8. The highest BCUT2D eigenvalue weighted by Gasteiger charge is 2.34. The van der Waals surface area contributed by atoms with E-state index < -0.39 is 0 Å². The van der Waals surface area contributed by atoms with Crippen LogP contribution in [0.1, 0.15) is 55.7 Å². The summed E-state index contributed by atoms with van der Waals surface area (Å²) >= 11 is 0. The molecule has 4 aliphatic carbocycles. The van der Waals surface area contributed by atoms with E-state index in [1.54, 1.807) is 0 Å². The van der Waals surface area contributed by atoms with Crippen molar-refractivity contribution < 1.29 is 0 Å². The number of rotatable bonds is 6. The molecule has 3 heteroatoms. The van der Waals surface area contributed by atoms with Gasteiger partial charge in [0.15, 0.2) is 0 Å². The van der Waals surface area contributed by atoms with E-state index in [2.05, 4.69) is 184 Å². The van der Waals surface area contributed by atoms with Crippen LogP contribution in [0.5, 0.6) is 0 Å². The molecule has 3 nitrogen and oxygen atoms in total. The van der Waals surface area contributed by atoms with Gasteiger partial charge in [0.2, 0.25) is 0 Å². The summed E-state index contributed by atoms with van der Waals surface area (Å²) in [6.45, 7) is 8.65. The molecule has 1 N–H and O–H groups in total. The highest BCUT2D eigenvalue weighted by molar-refractivity contribution is 6.12. The fraction of sp³-hybridized carbons (Fsp3) is 0.200. The first-order valence-corrected chi connectivity index (χ1v) is 21.0. The Hall–Kier alpha value is -6.32. The molecule has 0 radical (unpaired) electrons. The predicted octanol–water partition coefficient (Wildman–Crippen LogP) is 13.2. The quantitative estimate of drug-likeness (QED) is 0.172. The molecule has 4 unspecified atom stereocenters. The van der Waals surface area contributed by atoms with E-state index in [9.17, 15) is 0 Å². The molecule has 1 heterocycles. The summed E-state index contributed by atoms with van der Waals surface area (Å²) in [5, 5.41) is 9.12. The molecule has 0 fully saturated rings. The van der Waals surface area contributed by atoms with Crippen molar-refractivity contribution in [2.24, 2.45) is 27.7 Å². The summed E-state index contributed by atoms with van der Waals surface area (Å²) in [4.78, 5) is 10.4. The minimum Gasteiger partial charge on any atom is -0.347 e. The lowest BCUT2D eigenvalue weighted by atomic mass is 9.74. The average Bonchev–Trinajstić information content (AvgIpc) is 3.28. The normalized spacial score (nSPS) is 24.8. The molecule has 1 aliphatic heterocycles. The second-order valence-electron chi connectivity index (χ2n) is 16.7. The SMILES string of the molecule is C=C1CC(C)C=CC1=N/C=C(\C)C1=CC[C@@H](C2=NC(C3Cc4ccccc4-c4ccccc43)C=C(C3C=CC(c4cc5ccccc5c5ccccc45)=CC3)N2)C=C1. The number of amidine groups is 1. The van der Waals surface area contributed by atoms with Gasteiger partial charge in [-0.1, -0.05) is 153 Å². The number of hydrogen-bond donors (Lipinski definition) is 1. The van der Waals surface area contributed by atoms with Crippen molar-refractivity contribution in [2.75, 3.05) is 0 Å². The number of nitrogens with zero attached hydrogens (tertiary/aromatic N) is 2. The fourth-order valence-electron chi connectivity index (χ4n) is 9.66. The van der Waals surface area contributed by atoms with Crippen molar-refractivity contribution in [3.63, 3.8) is 0 Å². The summed E-state index contributed by atoms with van der Waals surface area (Å²) < 4.78 is 0. The number of benzene rings is 5. The van der Waals surface area contributed by atoms with Gasteiger partial charge in [0.25, 0.3) is 0 Å². The maximum absolute atomic E-state index is 5.61. The molecule has 284 valence electrons. The summed E-state index contributed by atoms with van der Waals surface area (Å²) in [6, 6.07) is 37.9. The zero-order valence-electron chi connectivity index (χ0n) is 33.4. The lowest BCUT2D eigenvalue weighted by molar-refractivity contribution is 0.569. The third kappa shape index (κ3) is 6.79. The average molecular weight is 752 g/mol. The van der Waals surface area contributed by atoms with Gasteiger partial charge in [0.05, 0.1) is 11.8 Å². The smallest absolute Gasteiger partial charge is 0.108 e. The van der Waals surface area contributed by atoms with E-state index in [4.69, 9.17) is 9.98 Å². The highest BCUT2D eigenvalue weighted by Crippen LogP contribution is 2.44. The summed E-state index contributed by atoms with van der Waals surface area (Å²) in [5.74, 6) is 2.21. The van der Waals surface area contributed by atoms with Gasteiger partial charge < -0.3 is 5.32 Å². The molecule has 0 spiro atoms. The first kappa shape index (κ1) is 36.0. The first-order valence-electron chi connectivity index (χ1n) is 21.0. The number of allylic oxidation sites excluding steroid dienone is 11. The Bertz CT molecular complexity index is 2780. The summed E-state index contributed by atoms with van der Waals surface area (Å²) in [6.07, 6.45) is 26.7. The second-order valence-corrected chi connectivity index (χ2v) is 16.7. The van der Waals surface area contributed by atoms with Crippen molar-refractivity contribution in [1.29, 1.82) is 0 Å². The maximum atomic E-state index is 5.61. The molecule has 58 heavy (non-hydrogen) atoms. The number of hydrogen-bond acceptors (Lipinski definition) is 3. The molecular formula is C55H49N3. The van der Waals surface area contributed by atoms with Gasteiger partial charge in [0.1, 0.15) is 5.84 Å². The molecule has 0 saturated heterocycles. The molecule has 0 aromatic heterocycles. The van der Waals surface area contributed by atoms with E-state index in [1.165, 1.54) is 66.2 Å². The molecule has 0 bridgehead atoms. The van der Waals surface area contributed by atoms with Gasteiger partial charge >= 0.3 is 0 Å². The maximum Gasteiger partial charge on any atom is 0.108 e.